The Morgan fingerprint density at radius 3 is 2.93 bits per heavy atom. The second-order valence-electron chi connectivity index (χ2n) is 4.45. The molecule has 0 radical (unpaired) electrons. The number of rotatable bonds is 5. The molecule has 2 rings (SSSR count). The average molecular weight is 206 g/mol. The predicted octanol–water partition coefficient (Wildman–Crippen LogP) is 1.92. The molecule has 1 aromatic heterocycles. The van der Waals surface area contributed by atoms with Crippen molar-refractivity contribution >= 4 is 0 Å². The SMILES string of the molecule is CC(CNCc1ccc(O)cn1)C1CC1. The summed E-state index contributed by atoms with van der Waals surface area (Å²) in [6, 6.07) is 3.53. The van der Waals surface area contributed by atoms with Gasteiger partial charge in [0.1, 0.15) is 5.75 Å². The zero-order chi connectivity index (χ0) is 10.7. The van der Waals surface area contributed by atoms with E-state index < -0.39 is 0 Å². The minimum Gasteiger partial charge on any atom is -0.506 e. The summed E-state index contributed by atoms with van der Waals surface area (Å²) in [6.07, 6.45) is 4.29. The minimum absolute atomic E-state index is 0.227. The van der Waals surface area contributed by atoms with E-state index in [0.29, 0.717) is 0 Å². The van der Waals surface area contributed by atoms with Crippen molar-refractivity contribution in [2.45, 2.75) is 26.3 Å². The van der Waals surface area contributed by atoms with E-state index in [0.717, 1.165) is 30.6 Å². The topological polar surface area (TPSA) is 45.1 Å². The van der Waals surface area contributed by atoms with Gasteiger partial charge in [-0.3, -0.25) is 4.98 Å². The van der Waals surface area contributed by atoms with Crippen molar-refractivity contribution in [2.75, 3.05) is 6.54 Å². The molecule has 0 amide bonds. The summed E-state index contributed by atoms with van der Waals surface area (Å²) >= 11 is 0. The van der Waals surface area contributed by atoms with Gasteiger partial charge in [0.25, 0.3) is 0 Å². The van der Waals surface area contributed by atoms with Crippen LogP contribution in [-0.4, -0.2) is 16.6 Å². The van der Waals surface area contributed by atoms with Gasteiger partial charge in [0.15, 0.2) is 0 Å². The van der Waals surface area contributed by atoms with Gasteiger partial charge in [-0.2, -0.15) is 0 Å². The molecule has 0 bridgehead atoms. The van der Waals surface area contributed by atoms with Crippen molar-refractivity contribution in [3.05, 3.63) is 24.0 Å². The van der Waals surface area contributed by atoms with Crippen LogP contribution in [0, 0.1) is 11.8 Å². The van der Waals surface area contributed by atoms with Crippen molar-refractivity contribution in [2.24, 2.45) is 11.8 Å². The lowest BCUT2D eigenvalue weighted by Gasteiger charge is -2.10. The number of hydrogen-bond acceptors (Lipinski definition) is 3. The molecule has 3 heteroatoms. The van der Waals surface area contributed by atoms with Crippen molar-refractivity contribution < 1.29 is 5.11 Å². The number of nitrogens with zero attached hydrogens (tertiary/aromatic N) is 1. The first-order valence-corrected chi connectivity index (χ1v) is 5.60. The van der Waals surface area contributed by atoms with Crippen LogP contribution in [0.1, 0.15) is 25.5 Å². The van der Waals surface area contributed by atoms with Gasteiger partial charge in [-0.15, -0.1) is 0 Å². The van der Waals surface area contributed by atoms with Gasteiger partial charge in [0.2, 0.25) is 0 Å². The van der Waals surface area contributed by atoms with Crippen LogP contribution >= 0.6 is 0 Å². The molecule has 3 nitrogen and oxygen atoms in total. The summed E-state index contributed by atoms with van der Waals surface area (Å²) < 4.78 is 0. The molecule has 1 heterocycles. The Bertz CT molecular complexity index is 306. The quantitative estimate of drug-likeness (QED) is 0.773. The van der Waals surface area contributed by atoms with Crippen molar-refractivity contribution in [1.82, 2.24) is 10.3 Å². The third-order valence-electron chi connectivity index (χ3n) is 3.01. The van der Waals surface area contributed by atoms with E-state index in [1.807, 2.05) is 6.07 Å². The summed E-state index contributed by atoms with van der Waals surface area (Å²) in [5, 5.41) is 12.5. The molecule has 2 N–H and O–H groups in total. The second-order valence-corrected chi connectivity index (χ2v) is 4.45. The van der Waals surface area contributed by atoms with Gasteiger partial charge in [0, 0.05) is 6.54 Å². The van der Waals surface area contributed by atoms with Crippen molar-refractivity contribution in [3.63, 3.8) is 0 Å². The Morgan fingerprint density at radius 2 is 2.33 bits per heavy atom. The van der Waals surface area contributed by atoms with Gasteiger partial charge < -0.3 is 10.4 Å². The van der Waals surface area contributed by atoms with Gasteiger partial charge in [0.05, 0.1) is 11.9 Å². The monoisotopic (exact) mass is 206 g/mol. The van der Waals surface area contributed by atoms with Crippen molar-refractivity contribution in [3.8, 4) is 5.75 Å². The Balaban J connectivity index is 1.70. The molecule has 82 valence electrons. The molecule has 1 unspecified atom stereocenters. The molecule has 0 aromatic carbocycles. The number of hydrogen-bond donors (Lipinski definition) is 2. The highest BCUT2D eigenvalue weighted by Gasteiger charge is 2.27. The lowest BCUT2D eigenvalue weighted by Crippen LogP contribution is -2.22. The molecule has 1 aromatic rings. The molecule has 0 saturated heterocycles. The van der Waals surface area contributed by atoms with Gasteiger partial charge in [-0.05, 0) is 43.4 Å². The van der Waals surface area contributed by atoms with Crippen LogP contribution in [0.2, 0.25) is 0 Å². The summed E-state index contributed by atoms with van der Waals surface area (Å²) in [5.74, 6) is 1.96. The Kier molecular flexibility index (Phi) is 3.21. The highest BCUT2D eigenvalue weighted by atomic mass is 16.3. The van der Waals surface area contributed by atoms with Gasteiger partial charge >= 0.3 is 0 Å². The number of nitrogens with one attached hydrogen (secondary N) is 1. The molecular formula is C12H18N2O. The lowest BCUT2D eigenvalue weighted by molar-refractivity contribution is 0.457. The summed E-state index contributed by atoms with van der Waals surface area (Å²) in [6.45, 7) is 4.15. The maximum Gasteiger partial charge on any atom is 0.133 e. The Labute approximate surface area is 90.5 Å². The Morgan fingerprint density at radius 1 is 1.53 bits per heavy atom. The molecule has 15 heavy (non-hydrogen) atoms. The maximum atomic E-state index is 9.07. The normalized spacial score (nSPS) is 17.7. The molecule has 1 atom stereocenters. The summed E-state index contributed by atoms with van der Waals surface area (Å²) in [7, 11) is 0. The highest BCUT2D eigenvalue weighted by molar-refractivity contribution is 5.17. The second kappa shape index (κ2) is 4.62. The third-order valence-corrected chi connectivity index (χ3v) is 3.01. The number of aromatic nitrogens is 1. The van der Waals surface area contributed by atoms with Crippen LogP contribution in [0.25, 0.3) is 0 Å². The van der Waals surface area contributed by atoms with Crippen LogP contribution in [0.15, 0.2) is 18.3 Å². The summed E-state index contributed by atoms with van der Waals surface area (Å²) in [5.41, 5.74) is 0.982. The van der Waals surface area contributed by atoms with Crippen LogP contribution in [0.3, 0.4) is 0 Å². The molecule has 1 aliphatic carbocycles. The third kappa shape index (κ3) is 3.20. The zero-order valence-electron chi connectivity index (χ0n) is 9.11. The highest BCUT2D eigenvalue weighted by Crippen LogP contribution is 2.36. The van der Waals surface area contributed by atoms with E-state index in [4.69, 9.17) is 5.11 Å². The van der Waals surface area contributed by atoms with E-state index in [9.17, 15) is 0 Å². The smallest absolute Gasteiger partial charge is 0.133 e. The van der Waals surface area contributed by atoms with E-state index in [2.05, 4.69) is 17.2 Å². The first-order chi connectivity index (χ1) is 7.25. The molecule has 1 aliphatic rings. The average Bonchev–Trinajstić information content (AvgIpc) is 3.04. The predicted molar refractivity (Wildman–Crippen MR) is 59.5 cm³/mol. The number of aromatic hydroxyl groups is 1. The molecule has 1 saturated carbocycles. The zero-order valence-corrected chi connectivity index (χ0v) is 9.11. The summed E-state index contributed by atoms with van der Waals surface area (Å²) in [4.78, 5) is 4.12. The fourth-order valence-corrected chi connectivity index (χ4v) is 1.78. The molecule has 0 spiro atoms. The van der Waals surface area contributed by atoms with Crippen LogP contribution in [-0.2, 0) is 6.54 Å². The van der Waals surface area contributed by atoms with Gasteiger partial charge in [-0.25, -0.2) is 0 Å². The van der Waals surface area contributed by atoms with Crippen LogP contribution in [0.4, 0.5) is 0 Å². The van der Waals surface area contributed by atoms with E-state index in [1.165, 1.54) is 19.0 Å². The van der Waals surface area contributed by atoms with Crippen LogP contribution < -0.4 is 5.32 Å². The van der Waals surface area contributed by atoms with E-state index in [1.54, 1.807) is 6.07 Å². The van der Waals surface area contributed by atoms with Crippen molar-refractivity contribution in [1.29, 1.82) is 0 Å². The van der Waals surface area contributed by atoms with Crippen LogP contribution in [0.5, 0.6) is 5.75 Å². The van der Waals surface area contributed by atoms with E-state index >= 15 is 0 Å². The minimum atomic E-state index is 0.227. The first kappa shape index (κ1) is 10.4. The largest absolute Gasteiger partial charge is 0.506 e. The molecule has 0 aliphatic heterocycles. The number of pyridine rings is 1. The Hall–Kier alpha value is -1.09. The standard InChI is InChI=1S/C12H18N2O/c1-9(10-2-3-10)6-13-7-11-4-5-12(15)8-14-11/h4-5,8-10,13,15H,2-3,6-7H2,1H3. The first-order valence-electron chi connectivity index (χ1n) is 5.60. The fourth-order valence-electron chi connectivity index (χ4n) is 1.78. The van der Waals surface area contributed by atoms with E-state index in [-0.39, 0.29) is 5.75 Å². The lowest BCUT2D eigenvalue weighted by atomic mass is 10.1. The molecular weight excluding hydrogens is 188 g/mol. The fraction of sp³-hybridized carbons (Fsp3) is 0.583. The molecule has 1 fully saturated rings. The van der Waals surface area contributed by atoms with Gasteiger partial charge in [-0.1, -0.05) is 6.92 Å². The maximum absolute atomic E-state index is 9.07.